The minimum Gasteiger partial charge on any atom is -0.331 e. The maximum Gasteiger partial charge on any atom is 0.293 e. The number of carbonyl (C=O) groups excluding carboxylic acids is 1. The number of likely N-dealkylation sites (N-methyl/N-ethyl adjacent to an activating group) is 2. The second kappa shape index (κ2) is 6.77. The Kier molecular flexibility index (Phi) is 4.43. The molecular weight excluding hydrogens is 406 g/mol. The van der Waals surface area contributed by atoms with Gasteiger partial charge in [-0.15, -0.1) is 0 Å². The van der Waals surface area contributed by atoms with Crippen LogP contribution in [0.2, 0.25) is 0 Å². The third-order valence-corrected chi connectivity index (χ3v) is 8.50. The van der Waals surface area contributed by atoms with Gasteiger partial charge in [0.25, 0.3) is 15.9 Å². The number of thioether (sulfide) groups is 2. The first-order valence-corrected chi connectivity index (χ1v) is 11.3. The summed E-state index contributed by atoms with van der Waals surface area (Å²) >= 11 is 2.98. The van der Waals surface area contributed by atoms with Crippen LogP contribution >= 0.6 is 23.5 Å². The minimum absolute atomic E-state index is 0.0753. The molecule has 150 valence electrons. The molecule has 5 rings (SSSR count). The molecule has 8 heteroatoms. The Balaban J connectivity index is 1.56. The highest BCUT2D eigenvalue weighted by atomic mass is 32.2. The highest BCUT2D eigenvalue weighted by molar-refractivity contribution is 8.08. The predicted molar refractivity (Wildman–Crippen MR) is 114 cm³/mol. The molecule has 3 aliphatic heterocycles. The van der Waals surface area contributed by atoms with Crippen molar-refractivity contribution in [1.82, 2.24) is 4.90 Å². The summed E-state index contributed by atoms with van der Waals surface area (Å²) in [5.74, 6) is -0.0753. The molecule has 6 nitrogen and oxygen atoms in total. The SMILES string of the molecule is CCN1C(=O)C2(OOC23Sc2ccccc2N3C)S/C1=C\c1cccc[n+]1CC. The third-order valence-electron chi connectivity index (χ3n) is 5.55. The normalized spacial score (nSPS) is 29.2. The standard InChI is InChI=1S/C21H22N3O3S2/c1-4-23-13-9-8-10-15(23)14-18-24(5-2)19(25)20(29-18)21(27-26-20)22(3)16-11-6-7-12-17(16)28-21/h6-14H,4-5H2,1-3H3/q+1. The van der Waals surface area contributed by atoms with Crippen LogP contribution < -0.4 is 9.47 Å². The minimum atomic E-state index is -1.14. The van der Waals surface area contributed by atoms with E-state index in [0.29, 0.717) is 6.54 Å². The van der Waals surface area contributed by atoms with Gasteiger partial charge in [-0.25, -0.2) is 0 Å². The van der Waals surface area contributed by atoms with Gasteiger partial charge in [0, 0.05) is 36.7 Å². The molecule has 1 aromatic heterocycles. The first-order chi connectivity index (χ1) is 14.1. The van der Waals surface area contributed by atoms with E-state index < -0.39 is 9.99 Å². The number of benzene rings is 1. The first kappa shape index (κ1) is 19.0. The predicted octanol–water partition coefficient (Wildman–Crippen LogP) is 3.44. The quantitative estimate of drug-likeness (QED) is 0.551. The number of anilines is 1. The number of fused-ring (bicyclic) bond motifs is 2. The molecule has 29 heavy (non-hydrogen) atoms. The summed E-state index contributed by atoms with van der Waals surface area (Å²) in [6.07, 6.45) is 4.11. The number of aromatic nitrogens is 1. The fourth-order valence-corrected chi connectivity index (χ4v) is 6.89. The van der Waals surface area contributed by atoms with E-state index in [2.05, 4.69) is 23.6 Å². The Labute approximate surface area is 178 Å². The topological polar surface area (TPSA) is 45.9 Å². The van der Waals surface area contributed by atoms with Gasteiger partial charge in [0.1, 0.15) is 6.54 Å². The fraction of sp³-hybridized carbons (Fsp3) is 0.333. The van der Waals surface area contributed by atoms with Crippen LogP contribution in [0.3, 0.4) is 0 Å². The summed E-state index contributed by atoms with van der Waals surface area (Å²) in [6.45, 7) is 5.51. The monoisotopic (exact) mass is 428 g/mol. The number of nitrogens with zero attached hydrogens (tertiary/aromatic N) is 3. The summed E-state index contributed by atoms with van der Waals surface area (Å²) in [5, 5.41) is -0.0442. The molecule has 0 bridgehead atoms. The van der Waals surface area contributed by atoms with Gasteiger partial charge in [-0.1, -0.05) is 35.7 Å². The highest BCUT2D eigenvalue weighted by Crippen LogP contribution is 2.68. The number of aryl methyl sites for hydroxylation is 1. The van der Waals surface area contributed by atoms with E-state index in [9.17, 15) is 4.79 Å². The van der Waals surface area contributed by atoms with E-state index in [4.69, 9.17) is 9.78 Å². The number of para-hydroxylation sites is 1. The lowest BCUT2D eigenvalue weighted by Gasteiger charge is -2.51. The summed E-state index contributed by atoms with van der Waals surface area (Å²) in [6, 6.07) is 14.2. The molecule has 2 fully saturated rings. The molecule has 0 aliphatic carbocycles. The second-order valence-corrected chi connectivity index (χ2v) is 9.43. The van der Waals surface area contributed by atoms with E-state index in [1.165, 1.54) is 23.5 Å². The second-order valence-electron chi connectivity index (χ2n) is 7.04. The van der Waals surface area contributed by atoms with E-state index in [1.807, 2.05) is 61.5 Å². The van der Waals surface area contributed by atoms with Gasteiger partial charge in [0.05, 0.1) is 10.7 Å². The average molecular weight is 429 g/mol. The lowest BCUT2D eigenvalue weighted by Crippen LogP contribution is -2.72. The third kappa shape index (κ3) is 2.46. The van der Waals surface area contributed by atoms with Crippen LogP contribution in [0.4, 0.5) is 5.69 Å². The highest BCUT2D eigenvalue weighted by Gasteiger charge is 2.79. The van der Waals surface area contributed by atoms with Crippen molar-refractivity contribution in [2.24, 2.45) is 0 Å². The summed E-state index contributed by atoms with van der Waals surface area (Å²) in [5.41, 5.74) is 2.09. The van der Waals surface area contributed by atoms with Gasteiger partial charge in [-0.05, 0) is 32.0 Å². The first-order valence-electron chi connectivity index (χ1n) is 9.66. The smallest absolute Gasteiger partial charge is 0.293 e. The number of carbonyl (C=O) groups is 1. The van der Waals surface area contributed by atoms with Crippen molar-refractivity contribution in [1.29, 1.82) is 0 Å². The van der Waals surface area contributed by atoms with Gasteiger partial charge in [-0.3, -0.25) is 4.79 Å². The Morgan fingerprint density at radius 2 is 1.90 bits per heavy atom. The fourth-order valence-electron chi connectivity index (χ4n) is 3.96. The lowest BCUT2D eigenvalue weighted by atomic mass is 10.2. The largest absolute Gasteiger partial charge is 0.331 e. The summed E-state index contributed by atoms with van der Waals surface area (Å²) in [7, 11) is 1.96. The van der Waals surface area contributed by atoms with Crippen LogP contribution in [0.5, 0.6) is 0 Å². The number of hydrogen-bond acceptors (Lipinski definition) is 6. The van der Waals surface area contributed by atoms with Crippen molar-refractivity contribution in [3.8, 4) is 0 Å². The van der Waals surface area contributed by atoms with Crippen LogP contribution in [0.25, 0.3) is 6.08 Å². The Morgan fingerprint density at radius 3 is 2.59 bits per heavy atom. The molecule has 0 saturated carbocycles. The maximum absolute atomic E-state index is 13.6. The van der Waals surface area contributed by atoms with E-state index in [1.54, 1.807) is 4.90 Å². The van der Waals surface area contributed by atoms with E-state index >= 15 is 0 Å². The molecule has 0 radical (unpaired) electrons. The summed E-state index contributed by atoms with van der Waals surface area (Å²) in [4.78, 5) is 28.7. The number of pyridine rings is 1. The van der Waals surface area contributed by atoms with E-state index in [0.717, 1.165) is 27.9 Å². The number of amides is 1. The molecular formula is C21H22N3O3S2+. The van der Waals surface area contributed by atoms with Crippen molar-refractivity contribution in [2.75, 3.05) is 18.5 Å². The van der Waals surface area contributed by atoms with Gasteiger partial charge < -0.3 is 9.80 Å². The molecule has 2 unspecified atom stereocenters. The molecule has 2 aromatic rings. The van der Waals surface area contributed by atoms with E-state index in [-0.39, 0.29) is 5.91 Å². The molecule has 0 N–H and O–H groups in total. The van der Waals surface area contributed by atoms with Gasteiger partial charge >= 0.3 is 0 Å². The molecule has 4 heterocycles. The Bertz CT molecular complexity index is 1030. The van der Waals surface area contributed by atoms with Crippen LogP contribution in [-0.4, -0.2) is 34.4 Å². The lowest BCUT2D eigenvalue weighted by molar-refractivity contribution is -0.695. The van der Waals surface area contributed by atoms with Crippen molar-refractivity contribution in [3.05, 3.63) is 59.4 Å². The van der Waals surface area contributed by atoms with Gasteiger partial charge in [0.2, 0.25) is 5.69 Å². The number of rotatable bonds is 3. The molecule has 1 amide bonds. The zero-order valence-corrected chi connectivity index (χ0v) is 18.1. The molecule has 2 atom stereocenters. The van der Waals surface area contributed by atoms with Crippen molar-refractivity contribution >= 4 is 41.2 Å². The van der Waals surface area contributed by atoms with Gasteiger partial charge in [0.15, 0.2) is 6.20 Å². The number of hydrogen-bond donors (Lipinski definition) is 0. The van der Waals surface area contributed by atoms with Crippen molar-refractivity contribution in [3.63, 3.8) is 0 Å². The Morgan fingerprint density at radius 1 is 1.10 bits per heavy atom. The van der Waals surface area contributed by atoms with Crippen LogP contribution in [0.15, 0.2) is 58.6 Å². The van der Waals surface area contributed by atoms with Crippen LogP contribution in [0.1, 0.15) is 19.5 Å². The molecule has 2 spiro atoms. The Hall–Kier alpha value is -2.00. The zero-order valence-electron chi connectivity index (χ0n) is 16.5. The van der Waals surface area contributed by atoms with Crippen LogP contribution in [0, 0.1) is 0 Å². The maximum atomic E-state index is 13.6. The zero-order chi connectivity index (χ0) is 20.2. The van der Waals surface area contributed by atoms with Crippen molar-refractivity contribution < 1.29 is 19.1 Å². The summed E-state index contributed by atoms with van der Waals surface area (Å²) < 4.78 is 2.15. The van der Waals surface area contributed by atoms with Gasteiger partial charge in [-0.2, -0.15) is 14.3 Å². The molecule has 2 saturated heterocycles. The van der Waals surface area contributed by atoms with Crippen LogP contribution in [-0.2, 0) is 21.1 Å². The molecule has 1 aromatic carbocycles. The average Bonchev–Trinajstić information content (AvgIpc) is 3.22. The van der Waals surface area contributed by atoms with Crippen molar-refractivity contribution in [2.45, 2.75) is 35.3 Å². The molecule has 3 aliphatic rings.